The first-order valence-electron chi connectivity index (χ1n) is 14.6. The summed E-state index contributed by atoms with van der Waals surface area (Å²) in [5.74, 6) is -3.42. The van der Waals surface area contributed by atoms with Crippen molar-refractivity contribution in [2.24, 2.45) is 17.8 Å². The molecule has 3 heterocycles. The molecule has 0 aromatic rings. The number of hydrogen-bond acceptors (Lipinski definition) is 7. The van der Waals surface area contributed by atoms with E-state index < -0.39 is 47.7 Å². The second-order valence-corrected chi connectivity index (χ2v) is 13.0. The zero-order valence-corrected chi connectivity index (χ0v) is 26.5. The number of aliphatic hydroxyl groups is 1. The standard InChI is InChI=1S/C30H46BrN3O7/c1-8-11-12-22(36)32-15-19(7)40-29(39)23-24-27(37)34(21(16-35)18(6)10-3)26(28(38)33(13-9-2)17(4)5)30(24)14-20(31)25(23)41-30/h8-9,17-21,23-26,35H,1-2,10-16H2,3-7H3,(H,32,36)/t18-,19-,20?,21-,23+,24-,25+,26+,30-/m0/s1. The number of carbonyl (C=O) groups is 4. The van der Waals surface area contributed by atoms with Gasteiger partial charge in [0.05, 0.1) is 37.1 Å². The van der Waals surface area contributed by atoms with Crippen molar-refractivity contribution in [3.8, 4) is 0 Å². The van der Waals surface area contributed by atoms with Crippen molar-refractivity contribution in [1.82, 2.24) is 15.1 Å². The van der Waals surface area contributed by atoms with Crippen LogP contribution in [-0.2, 0) is 28.7 Å². The lowest BCUT2D eigenvalue weighted by Gasteiger charge is -2.41. The summed E-state index contributed by atoms with van der Waals surface area (Å²) in [4.78, 5) is 57.2. The molecule has 41 heavy (non-hydrogen) atoms. The Morgan fingerprint density at radius 1 is 1.27 bits per heavy atom. The van der Waals surface area contributed by atoms with Crippen LogP contribution in [0.2, 0.25) is 0 Å². The van der Waals surface area contributed by atoms with Crippen LogP contribution in [-0.4, -0.2) is 99.1 Å². The van der Waals surface area contributed by atoms with Gasteiger partial charge in [0.2, 0.25) is 17.7 Å². The van der Waals surface area contributed by atoms with E-state index in [1.54, 1.807) is 24.0 Å². The quantitative estimate of drug-likeness (QED) is 0.160. The zero-order chi connectivity index (χ0) is 30.6. The summed E-state index contributed by atoms with van der Waals surface area (Å²) < 4.78 is 12.3. The first-order valence-corrected chi connectivity index (χ1v) is 15.6. The van der Waals surface area contributed by atoms with Crippen molar-refractivity contribution < 1.29 is 33.8 Å². The highest BCUT2D eigenvalue weighted by atomic mass is 79.9. The summed E-state index contributed by atoms with van der Waals surface area (Å²) in [6.45, 7) is 16.9. The van der Waals surface area contributed by atoms with Gasteiger partial charge in [0.25, 0.3) is 0 Å². The van der Waals surface area contributed by atoms with E-state index in [0.717, 1.165) is 0 Å². The maximum absolute atomic E-state index is 14.3. The SMILES string of the molecule is C=CCCC(=O)NC[C@H](C)OC(=O)[C@H]1[C@@H]2O[C@@]3(CC2Br)[C@@H]1C(=O)N([C@@H](CO)[C@@H](C)CC)[C@@H]3C(=O)N(CC=C)C(C)C. The lowest BCUT2D eigenvalue weighted by atomic mass is 9.70. The Bertz CT molecular complexity index is 1020. The number of amides is 3. The smallest absolute Gasteiger partial charge is 0.312 e. The summed E-state index contributed by atoms with van der Waals surface area (Å²) in [5.41, 5.74) is -1.26. The zero-order valence-electron chi connectivity index (χ0n) is 24.9. The van der Waals surface area contributed by atoms with Crippen molar-refractivity contribution in [3.63, 3.8) is 0 Å². The molecule has 3 saturated heterocycles. The first-order chi connectivity index (χ1) is 19.4. The van der Waals surface area contributed by atoms with Crippen molar-refractivity contribution >= 4 is 39.6 Å². The monoisotopic (exact) mass is 639 g/mol. The lowest BCUT2D eigenvalue weighted by Crippen LogP contribution is -2.60. The van der Waals surface area contributed by atoms with Gasteiger partial charge in [-0.2, -0.15) is 0 Å². The van der Waals surface area contributed by atoms with E-state index in [1.807, 2.05) is 27.7 Å². The number of halogens is 1. The summed E-state index contributed by atoms with van der Waals surface area (Å²) in [6, 6.07) is -1.82. The van der Waals surface area contributed by atoms with Crippen molar-refractivity contribution in [2.75, 3.05) is 19.7 Å². The molecule has 0 saturated carbocycles. The van der Waals surface area contributed by atoms with Gasteiger partial charge in [-0.1, -0.05) is 48.4 Å². The topological polar surface area (TPSA) is 125 Å². The van der Waals surface area contributed by atoms with Crippen LogP contribution in [0, 0.1) is 17.8 Å². The maximum atomic E-state index is 14.3. The number of nitrogens with zero attached hydrogens (tertiary/aromatic N) is 2. The van der Waals surface area contributed by atoms with Gasteiger partial charge in [-0.15, -0.1) is 13.2 Å². The number of fused-ring (bicyclic) bond motifs is 1. The number of nitrogens with one attached hydrogen (secondary N) is 1. The van der Waals surface area contributed by atoms with Crippen LogP contribution in [0.15, 0.2) is 25.3 Å². The summed E-state index contributed by atoms with van der Waals surface area (Å²) in [6.07, 6.45) is 3.88. The molecule has 3 rings (SSSR count). The molecule has 3 fully saturated rings. The third kappa shape index (κ3) is 6.27. The van der Waals surface area contributed by atoms with Crippen LogP contribution in [0.1, 0.15) is 60.3 Å². The van der Waals surface area contributed by atoms with Gasteiger partial charge in [0.1, 0.15) is 17.7 Å². The van der Waals surface area contributed by atoms with Gasteiger partial charge in [0.15, 0.2) is 0 Å². The van der Waals surface area contributed by atoms with E-state index in [4.69, 9.17) is 9.47 Å². The number of ether oxygens (including phenoxy) is 2. The number of hydrogen-bond donors (Lipinski definition) is 2. The Morgan fingerprint density at radius 2 is 1.95 bits per heavy atom. The van der Waals surface area contributed by atoms with Crippen LogP contribution in [0.4, 0.5) is 0 Å². The van der Waals surface area contributed by atoms with E-state index in [-0.39, 0.29) is 54.2 Å². The molecule has 3 aliphatic heterocycles. The lowest BCUT2D eigenvalue weighted by molar-refractivity contribution is -0.160. The Labute approximate surface area is 252 Å². The molecule has 9 atom stereocenters. The highest BCUT2D eigenvalue weighted by molar-refractivity contribution is 9.09. The molecular formula is C30H46BrN3O7. The number of carbonyl (C=O) groups excluding carboxylic acids is 4. The van der Waals surface area contributed by atoms with Crippen molar-refractivity contribution in [3.05, 3.63) is 25.3 Å². The molecular weight excluding hydrogens is 594 g/mol. The average Bonchev–Trinajstić information content (AvgIpc) is 3.52. The van der Waals surface area contributed by atoms with Crippen LogP contribution >= 0.6 is 15.9 Å². The molecule has 2 bridgehead atoms. The predicted octanol–water partition coefficient (Wildman–Crippen LogP) is 2.58. The van der Waals surface area contributed by atoms with Gasteiger partial charge in [-0.05, 0) is 39.5 Å². The number of esters is 1. The van der Waals surface area contributed by atoms with Gasteiger partial charge in [0, 0.05) is 23.8 Å². The average molecular weight is 641 g/mol. The number of alkyl halides is 1. The van der Waals surface area contributed by atoms with Crippen LogP contribution in [0.5, 0.6) is 0 Å². The van der Waals surface area contributed by atoms with E-state index >= 15 is 0 Å². The van der Waals surface area contributed by atoms with Gasteiger partial charge in [-0.25, -0.2) is 0 Å². The second-order valence-electron chi connectivity index (χ2n) is 11.8. The fourth-order valence-corrected chi connectivity index (χ4v) is 7.48. The molecule has 10 nitrogen and oxygen atoms in total. The number of likely N-dealkylation sites (tertiary alicyclic amines) is 1. The minimum atomic E-state index is -1.26. The van der Waals surface area contributed by atoms with Crippen molar-refractivity contribution in [1.29, 1.82) is 0 Å². The van der Waals surface area contributed by atoms with E-state index in [0.29, 0.717) is 25.7 Å². The first kappa shape index (κ1) is 33.3. The summed E-state index contributed by atoms with van der Waals surface area (Å²) in [7, 11) is 0. The Morgan fingerprint density at radius 3 is 2.51 bits per heavy atom. The molecule has 11 heteroatoms. The minimum absolute atomic E-state index is 0.103. The number of allylic oxidation sites excluding steroid dienone is 1. The van der Waals surface area contributed by atoms with E-state index in [1.165, 1.54) is 4.90 Å². The van der Waals surface area contributed by atoms with Gasteiger partial charge in [-0.3, -0.25) is 19.2 Å². The molecule has 0 aliphatic carbocycles. The summed E-state index contributed by atoms with van der Waals surface area (Å²) >= 11 is 3.67. The predicted molar refractivity (Wildman–Crippen MR) is 158 cm³/mol. The molecule has 1 unspecified atom stereocenters. The molecule has 1 spiro atoms. The molecule has 3 amide bonds. The second kappa shape index (κ2) is 13.8. The fraction of sp³-hybridized carbons (Fsp3) is 0.733. The Hall–Kier alpha value is -2.24. The molecule has 2 N–H and O–H groups in total. The molecule has 0 aromatic carbocycles. The van der Waals surface area contributed by atoms with Gasteiger partial charge >= 0.3 is 5.97 Å². The van der Waals surface area contributed by atoms with Crippen LogP contribution < -0.4 is 5.32 Å². The molecule has 0 radical (unpaired) electrons. The minimum Gasteiger partial charge on any atom is -0.460 e. The molecule has 0 aromatic heterocycles. The third-order valence-electron chi connectivity index (χ3n) is 8.79. The normalized spacial score (nSPS) is 30.5. The highest BCUT2D eigenvalue weighted by Crippen LogP contribution is 2.61. The van der Waals surface area contributed by atoms with Gasteiger partial charge < -0.3 is 29.7 Å². The Balaban J connectivity index is 1.97. The third-order valence-corrected chi connectivity index (χ3v) is 9.63. The number of rotatable bonds is 15. The largest absolute Gasteiger partial charge is 0.460 e. The fourth-order valence-electron chi connectivity index (χ4n) is 6.54. The molecule has 3 aliphatic rings. The number of aliphatic hydroxyl groups excluding tert-OH is 1. The van der Waals surface area contributed by atoms with Crippen LogP contribution in [0.25, 0.3) is 0 Å². The van der Waals surface area contributed by atoms with E-state index in [2.05, 4.69) is 34.4 Å². The van der Waals surface area contributed by atoms with E-state index in [9.17, 15) is 24.3 Å². The molecule has 230 valence electrons. The maximum Gasteiger partial charge on any atom is 0.312 e. The van der Waals surface area contributed by atoms with Crippen molar-refractivity contribution in [2.45, 2.75) is 101 Å². The van der Waals surface area contributed by atoms with Crippen LogP contribution in [0.3, 0.4) is 0 Å². The summed E-state index contributed by atoms with van der Waals surface area (Å²) in [5, 5.41) is 13.2. The highest BCUT2D eigenvalue weighted by Gasteiger charge is 2.77. The Kier molecular flexibility index (Phi) is 11.2.